The summed E-state index contributed by atoms with van der Waals surface area (Å²) < 4.78 is 6.46. The number of hydrogen-bond acceptors (Lipinski definition) is 3. The Bertz CT molecular complexity index is 538. The third-order valence-corrected chi connectivity index (χ3v) is 5.48. The summed E-state index contributed by atoms with van der Waals surface area (Å²) >= 11 is 5.47. The van der Waals surface area contributed by atoms with Crippen LogP contribution >= 0.6 is 27.3 Å². The summed E-state index contributed by atoms with van der Waals surface area (Å²) in [4.78, 5) is 1.44. The van der Waals surface area contributed by atoms with Gasteiger partial charge in [-0.3, -0.25) is 0 Å². The molecule has 0 aliphatic heterocycles. The number of thiophene rings is 1. The average molecular weight is 368 g/mol. The molecule has 1 atom stereocenters. The molecule has 0 saturated carbocycles. The van der Waals surface area contributed by atoms with E-state index in [1.807, 2.05) is 23.5 Å². The van der Waals surface area contributed by atoms with Crippen LogP contribution in [0.3, 0.4) is 0 Å². The SMILES string of the molecule is CCNCC(Cc1ccc(OC)cc1)Cc1sccc1Br. The summed E-state index contributed by atoms with van der Waals surface area (Å²) in [6, 6.07) is 10.6. The number of halogens is 1. The Morgan fingerprint density at radius 1 is 1.19 bits per heavy atom. The summed E-state index contributed by atoms with van der Waals surface area (Å²) in [5, 5.41) is 5.64. The molecule has 1 N–H and O–H groups in total. The molecule has 1 aromatic carbocycles. The zero-order chi connectivity index (χ0) is 15.1. The number of methoxy groups -OCH3 is 1. The molecule has 0 aliphatic rings. The molecule has 21 heavy (non-hydrogen) atoms. The van der Waals surface area contributed by atoms with E-state index in [0.717, 1.165) is 31.7 Å². The van der Waals surface area contributed by atoms with E-state index in [0.29, 0.717) is 5.92 Å². The van der Waals surface area contributed by atoms with Crippen LogP contribution in [0.15, 0.2) is 40.2 Å². The van der Waals surface area contributed by atoms with E-state index >= 15 is 0 Å². The molecule has 2 nitrogen and oxygen atoms in total. The second kappa shape index (κ2) is 8.57. The minimum Gasteiger partial charge on any atom is -0.497 e. The highest BCUT2D eigenvalue weighted by atomic mass is 79.9. The third-order valence-electron chi connectivity index (χ3n) is 3.53. The van der Waals surface area contributed by atoms with Gasteiger partial charge in [-0.1, -0.05) is 19.1 Å². The van der Waals surface area contributed by atoms with Crippen molar-refractivity contribution < 1.29 is 4.74 Å². The Morgan fingerprint density at radius 3 is 2.52 bits per heavy atom. The maximum atomic E-state index is 5.22. The molecule has 1 heterocycles. The van der Waals surface area contributed by atoms with E-state index < -0.39 is 0 Å². The van der Waals surface area contributed by atoms with Crippen molar-refractivity contribution in [3.05, 3.63) is 50.6 Å². The summed E-state index contributed by atoms with van der Waals surface area (Å²) in [6.45, 7) is 4.23. The van der Waals surface area contributed by atoms with Crippen molar-refractivity contribution in [2.75, 3.05) is 20.2 Å². The zero-order valence-electron chi connectivity index (χ0n) is 12.6. The Kier molecular flexibility index (Phi) is 6.74. The Morgan fingerprint density at radius 2 is 1.95 bits per heavy atom. The van der Waals surface area contributed by atoms with Gasteiger partial charge in [0.1, 0.15) is 5.75 Å². The molecule has 2 rings (SSSR count). The van der Waals surface area contributed by atoms with Crippen molar-refractivity contribution in [3.63, 3.8) is 0 Å². The fourth-order valence-electron chi connectivity index (χ4n) is 2.39. The maximum absolute atomic E-state index is 5.22. The highest BCUT2D eigenvalue weighted by Gasteiger charge is 2.13. The van der Waals surface area contributed by atoms with Crippen LogP contribution in [-0.4, -0.2) is 20.2 Å². The van der Waals surface area contributed by atoms with Gasteiger partial charge in [-0.05, 0) is 76.9 Å². The lowest BCUT2D eigenvalue weighted by Crippen LogP contribution is -2.25. The van der Waals surface area contributed by atoms with E-state index in [1.165, 1.54) is 14.9 Å². The lowest BCUT2D eigenvalue weighted by atomic mass is 9.95. The van der Waals surface area contributed by atoms with Gasteiger partial charge in [0.05, 0.1) is 7.11 Å². The van der Waals surface area contributed by atoms with Gasteiger partial charge in [-0.2, -0.15) is 0 Å². The molecule has 4 heteroatoms. The predicted octanol–water partition coefficient (Wildman–Crippen LogP) is 4.53. The van der Waals surface area contributed by atoms with Gasteiger partial charge in [0.25, 0.3) is 0 Å². The van der Waals surface area contributed by atoms with Crippen LogP contribution in [-0.2, 0) is 12.8 Å². The van der Waals surface area contributed by atoms with Crippen LogP contribution in [0.1, 0.15) is 17.4 Å². The fraction of sp³-hybridized carbons (Fsp3) is 0.412. The van der Waals surface area contributed by atoms with Crippen molar-refractivity contribution in [2.24, 2.45) is 5.92 Å². The molecule has 0 spiro atoms. The number of nitrogens with one attached hydrogen (secondary N) is 1. The largest absolute Gasteiger partial charge is 0.497 e. The van der Waals surface area contributed by atoms with E-state index in [1.54, 1.807) is 7.11 Å². The quantitative estimate of drug-likeness (QED) is 0.739. The monoisotopic (exact) mass is 367 g/mol. The number of benzene rings is 1. The Hall–Kier alpha value is -0.840. The van der Waals surface area contributed by atoms with Crippen molar-refractivity contribution in [3.8, 4) is 5.75 Å². The van der Waals surface area contributed by atoms with E-state index in [4.69, 9.17) is 4.74 Å². The van der Waals surface area contributed by atoms with Crippen LogP contribution in [0.4, 0.5) is 0 Å². The highest BCUT2D eigenvalue weighted by molar-refractivity contribution is 9.10. The van der Waals surface area contributed by atoms with Gasteiger partial charge in [0.2, 0.25) is 0 Å². The van der Waals surface area contributed by atoms with Gasteiger partial charge in [-0.15, -0.1) is 11.3 Å². The number of ether oxygens (including phenoxy) is 1. The summed E-state index contributed by atoms with van der Waals surface area (Å²) in [7, 11) is 1.71. The van der Waals surface area contributed by atoms with Crippen LogP contribution in [0.25, 0.3) is 0 Å². The lowest BCUT2D eigenvalue weighted by molar-refractivity contribution is 0.414. The Balaban J connectivity index is 2.02. The van der Waals surface area contributed by atoms with E-state index in [9.17, 15) is 0 Å². The molecule has 0 radical (unpaired) electrons. The maximum Gasteiger partial charge on any atom is 0.118 e. The predicted molar refractivity (Wildman–Crippen MR) is 94.5 cm³/mol. The van der Waals surface area contributed by atoms with Crippen molar-refractivity contribution in [1.82, 2.24) is 5.32 Å². The van der Waals surface area contributed by atoms with Gasteiger partial charge in [-0.25, -0.2) is 0 Å². The van der Waals surface area contributed by atoms with Crippen molar-refractivity contribution in [2.45, 2.75) is 19.8 Å². The standard InChI is InChI=1S/C17H22BrNOS/c1-3-19-12-14(11-17-16(18)8-9-21-17)10-13-4-6-15(20-2)7-5-13/h4-9,14,19H,3,10-12H2,1-2H3. The minimum absolute atomic E-state index is 0.605. The molecular formula is C17H22BrNOS. The number of rotatable bonds is 8. The first-order chi connectivity index (χ1) is 10.2. The summed E-state index contributed by atoms with van der Waals surface area (Å²) in [5.41, 5.74) is 1.37. The van der Waals surface area contributed by atoms with Crippen LogP contribution in [0, 0.1) is 5.92 Å². The molecule has 0 amide bonds. The Labute approximate surface area is 139 Å². The van der Waals surface area contributed by atoms with Crippen LogP contribution in [0.2, 0.25) is 0 Å². The van der Waals surface area contributed by atoms with Gasteiger partial charge >= 0.3 is 0 Å². The van der Waals surface area contributed by atoms with Crippen molar-refractivity contribution in [1.29, 1.82) is 0 Å². The third kappa shape index (κ3) is 5.13. The lowest BCUT2D eigenvalue weighted by Gasteiger charge is -2.17. The van der Waals surface area contributed by atoms with E-state index in [-0.39, 0.29) is 0 Å². The minimum atomic E-state index is 0.605. The molecule has 2 aromatic rings. The fourth-order valence-corrected chi connectivity index (χ4v) is 4.02. The normalized spacial score (nSPS) is 12.3. The molecule has 1 aromatic heterocycles. The highest BCUT2D eigenvalue weighted by Crippen LogP contribution is 2.27. The first-order valence-corrected chi connectivity index (χ1v) is 8.95. The molecule has 0 fully saturated rings. The average Bonchev–Trinajstić information content (AvgIpc) is 2.91. The zero-order valence-corrected chi connectivity index (χ0v) is 15.0. The topological polar surface area (TPSA) is 21.3 Å². The molecule has 0 aliphatic carbocycles. The molecule has 114 valence electrons. The van der Waals surface area contributed by atoms with Crippen molar-refractivity contribution >= 4 is 27.3 Å². The second-order valence-electron chi connectivity index (χ2n) is 5.12. The second-order valence-corrected chi connectivity index (χ2v) is 6.98. The summed E-state index contributed by atoms with van der Waals surface area (Å²) in [6.07, 6.45) is 2.19. The van der Waals surface area contributed by atoms with Crippen LogP contribution < -0.4 is 10.1 Å². The molecular weight excluding hydrogens is 346 g/mol. The smallest absolute Gasteiger partial charge is 0.118 e. The first-order valence-electron chi connectivity index (χ1n) is 7.28. The first kappa shape index (κ1) is 16.5. The van der Waals surface area contributed by atoms with Gasteiger partial charge < -0.3 is 10.1 Å². The molecule has 1 unspecified atom stereocenters. The molecule has 0 bridgehead atoms. The summed E-state index contributed by atoms with van der Waals surface area (Å²) in [5.74, 6) is 1.52. The molecule has 0 saturated heterocycles. The van der Waals surface area contributed by atoms with Crippen LogP contribution in [0.5, 0.6) is 5.75 Å². The van der Waals surface area contributed by atoms with E-state index in [2.05, 4.69) is 51.7 Å². The van der Waals surface area contributed by atoms with Gasteiger partial charge in [0.15, 0.2) is 0 Å². The number of hydrogen-bond donors (Lipinski definition) is 1. The van der Waals surface area contributed by atoms with Gasteiger partial charge in [0, 0.05) is 9.35 Å².